The van der Waals surface area contributed by atoms with Crippen LogP contribution in [0.5, 0.6) is 0 Å². The van der Waals surface area contributed by atoms with Crippen molar-refractivity contribution in [1.29, 1.82) is 0 Å². The van der Waals surface area contributed by atoms with Crippen LogP contribution in [0.3, 0.4) is 0 Å². The third kappa shape index (κ3) is 5.43. The fraction of sp³-hybridized carbons (Fsp3) is 0.174. The molecule has 156 valence electrons. The molecule has 7 heteroatoms. The number of aryl methyl sites for hydroxylation is 1. The second-order valence-corrected chi connectivity index (χ2v) is 7.47. The van der Waals surface area contributed by atoms with Gasteiger partial charge in [0.15, 0.2) is 0 Å². The average molecular weight is 424 g/mol. The zero-order valence-electron chi connectivity index (χ0n) is 16.8. The Bertz CT molecular complexity index is 1040. The summed E-state index contributed by atoms with van der Waals surface area (Å²) < 4.78 is 0. The quantitative estimate of drug-likeness (QED) is 0.213. The second kappa shape index (κ2) is 10.0. The van der Waals surface area contributed by atoms with Gasteiger partial charge in [0, 0.05) is 23.7 Å². The van der Waals surface area contributed by atoms with Crippen LogP contribution >= 0.6 is 11.6 Å². The first kappa shape index (κ1) is 21.5. The minimum atomic E-state index is -0.175. The monoisotopic (exact) mass is 423 g/mol. The van der Waals surface area contributed by atoms with E-state index in [1.807, 2.05) is 55.5 Å². The van der Waals surface area contributed by atoms with Gasteiger partial charge in [-0.1, -0.05) is 35.9 Å². The van der Waals surface area contributed by atoms with Crippen molar-refractivity contribution in [2.75, 3.05) is 23.0 Å². The van der Waals surface area contributed by atoms with E-state index in [2.05, 4.69) is 16.1 Å². The maximum Gasteiger partial charge on any atom is 0.251 e. The van der Waals surface area contributed by atoms with Crippen molar-refractivity contribution in [1.82, 2.24) is 5.32 Å². The zero-order chi connectivity index (χ0) is 21.5. The van der Waals surface area contributed by atoms with E-state index in [1.54, 1.807) is 12.1 Å². The number of nitrogen functional groups attached to an aromatic ring is 2. The van der Waals surface area contributed by atoms with Crippen molar-refractivity contribution in [3.05, 3.63) is 87.9 Å². The molecular weight excluding hydrogens is 398 g/mol. The Morgan fingerprint density at radius 2 is 1.80 bits per heavy atom. The highest BCUT2D eigenvalue weighted by molar-refractivity contribution is 6.30. The third-order valence-corrected chi connectivity index (χ3v) is 5.18. The molecule has 7 N–H and O–H groups in total. The van der Waals surface area contributed by atoms with E-state index in [0.717, 1.165) is 34.5 Å². The van der Waals surface area contributed by atoms with Gasteiger partial charge >= 0.3 is 0 Å². The molecule has 0 aromatic heterocycles. The molecule has 3 rings (SSSR count). The first-order valence-corrected chi connectivity index (χ1v) is 10.1. The first-order valence-electron chi connectivity index (χ1n) is 9.69. The summed E-state index contributed by atoms with van der Waals surface area (Å²) in [7, 11) is 0. The molecule has 0 atom stereocenters. The van der Waals surface area contributed by atoms with Crippen molar-refractivity contribution in [3.8, 4) is 0 Å². The molecule has 30 heavy (non-hydrogen) atoms. The predicted octanol–water partition coefficient (Wildman–Crippen LogP) is 4.10. The van der Waals surface area contributed by atoms with Crippen molar-refractivity contribution in [3.63, 3.8) is 0 Å². The van der Waals surface area contributed by atoms with Gasteiger partial charge < -0.3 is 21.8 Å². The number of para-hydroxylation sites is 1. The highest BCUT2D eigenvalue weighted by Crippen LogP contribution is 2.21. The Morgan fingerprint density at radius 1 is 1.00 bits per heavy atom. The molecule has 0 fully saturated rings. The number of halogens is 1. The topological polar surface area (TPSA) is 105 Å². The van der Waals surface area contributed by atoms with Crippen LogP contribution in [0.1, 0.15) is 27.0 Å². The smallest absolute Gasteiger partial charge is 0.251 e. The van der Waals surface area contributed by atoms with Gasteiger partial charge in [-0.2, -0.15) is 0 Å². The number of rotatable bonds is 8. The maximum absolute atomic E-state index is 12.5. The summed E-state index contributed by atoms with van der Waals surface area (Å²) in [5.74, 6) is 5.37. The van der Waals surface area contributed by atoms with Gasteiger partial charge in [-0.25, -0.2) is 0 Å². The van der Waals surface area contributed by atoms with E-state index in [1.165, 1.54) is 0 Å². The average Bonchev–Trinajstić information content (AvgIpc) is 2.74. The number of carbonyl (C=O) groups excluding carboxylic acids is 1. The standard InChI is InChI=1S/C23H26ClN5O/c1-15-12-19(24)8-6-18(15)14-28-23(30)17-7-9-22(20(25)13-17)27-11-10-16-4-2-3-5-21(16)29-26/h2-9,12-13,27,29H,10-11,14,25-26H2,1H3,(H,28,30). The number of nitrogens with one attached hydrogen (secondary N) is 3. The molecule has 0 saturated carbocycles. The van der Waals surface area contributed by atoms with E-state index in [9.17, 15) is 4.79 Å². The number of nitrogens with two attached hydrogens (primary N) is 2. The first-order chi connectivity index (χ1) is 14.5. The highest BCUT2D eigenvalue weighted by atomic mass is 35.5. The molecule has 0 unspecified atom stereocenters. The van der Waals surface area contributed by atoms with Crippen molar-refractivity contribution in [2.45, 2.75) is 19.9 Å². The molecule has 1 amide bonds. The van der Waals surface area contributed by atoms with E-state index < -0.39 is 0 Å². The second-order valence-electron chi connectivity index (χ2n) is 7.03. The minimum Gasteiger partial charge on any atom is -0.397 e. The summed E-state index contributed by atoms with van der Waals surface area (Å²) >= 11 is 5.98. The normalized spacial score (nSPS) is 10.5. The van der Waals surface area contributed by atoms with Crippen LogP contribution in [-0.4, -0.2) is 12.5 Å². The molecule has 3 aromatic carbocycles. The third-order valence-electron chi connectivity index (χ3n) is 4.94. The molecule has 0 aliphatic heterocycles. The van der Waals surface area contributed by atoms with E-state index in [-0.39, 0.29) is 5.91 Å². The molecular formula is C23H26ClN5O. The fourth-order valence-corrected chi connectivity index (χ4v) is 3.44. The Kier molecular flexibility index (Phi) is 7.17. The molecule has 0 spiro atoms. The van der Waals surface area contributed by atoms with Crippen molar-refractivity contribution < 1.29 is 4.79 Å². The number of benzene rings is 3. The van der Waals surface area contributed by atoms with Crippen LogP contribution in [0.4, 0.5) is 17.1 Å². The molecule has 0 bridgehead atoms. The maximum atomic E-state index is 12.5. The van der Waals surface area contributed by atoms with Crippen LogP contribution in [0, 0.1) is 6.92 Å². The number of hydrogen-bond donors (Lipinski definition) is 5. The van der Waals surface area contributed by atoms with Gasteiger partial charge in [0.2, 0.25) is 0 Å². The lowest BCUT2D eigenvalue weighted by molar-refractivity contribution is 0.0951. The van der Waals surface area contributed by atoms with E-state index in [4.69, 9.17) is 23.2 Å². The van der Waals surface area contributed by atoms with Crippen LogP contribution < -0.4 is 27.6 Å². The summed E-state index contributed by atoms with van der Waals surface area (Å²) in [6.45, 7) is 3.08. The molecule has 0 radical (unpaired) electrons. The molecule has 3 aromatic rings. The lowest BCUT2D eigenvalue weighted by Gasteiger charge is -2.13. The number of amides is 1. The summed E-state index contributed by atoms with van der Waals surface area (Å²) in [6, 6.07) is 18.7. The number of hydrazine groups is 1. The van der Waals surface area contributed by atoms with Gasteiger partial charge in [-0.15, -0.1) is 0 Å². The minimum absolute atomic E-state index is 0.175. The fourth-order valence-electron chi connectivity index (χ4n) is 3.21. The van der Waals surface area contributed by atoms with E-state index in [0.29, 0.717) is 29.4 Å². The predicted molar refractivity (Wildman–Crippen MR) is 125 cm³/mol. The van der Waals surface area contributed by atoms with Gasteiger partial charge in [-0.3, -0.25) is 10.6 Å². The van der Waals surface area contributed by atoms with Crippen LogP contribution in [0.25, 0.3) is 0 Å². The summed E-state index contributed by atoms with van der Waals surface area (Å²) in [5, 5.41) is 6.92. The molecule has 0 aliphatic carbocycles. The van der Waals surface area contributed by atoms with Crippen LogP contribution in [0.15, 0.2) is 60.7 Å². The number of hydrogen-bond acceptors (Lipinski definition) is 5. The van der Waals surface area contributed by atoms with Crippen LogP contribution in [-0.2, 0) is 13.0 Å². The van der Waals surface area contributed by atoms with E-state index >= 15 is 0 Å². The van der Waals surface area contributed by atoms with Gasteiger partial charge in [0.25, 0.3) is 5.91 Å². The SMILES string of the molecule is Cc1cc(Cl)ccc1CNC(=O)c1ccc(NCCc2ccccc2NN)c(N)c1. The lowest BCUT2D eigenvalue weighted by atomic mass is 10.1. The summed E-state index contributed by atoms with van der Waals surface area (Å²) in [5.41, 5.74) is 14.7. The van der Waals surface area contributed by atoms with Crippen molar-refractivity contribution >= 4 is 34.6 Å². The Hall–Kier alpha value is -3.22. The Morgan fingerprint density at radius 3 is 2.53 bits per heavy atom. The summed E-state index contributed by atoms with van der Waals surface area (Å²) in [6.07, 6.45) is 0.780. The van der Waals surface area contributed by atoms with Crippen molar-refractivity contribution in [2.24, 2.45) is 5.84 Å². The number of anilines is 3. The molecule has 6 nitrogen and oxygen atoms in total. The number of carbonyl (C=O) groups is 1. The van der Waals surface area contributed by atoms with Gasteiger partial charge in [0.05, 0.1) is 17.1 Å². The Balaban J connectivity index is 1.57. The highest BCUT2D eigenvalue weighted by Gasteiger charge is 2.09. The zero-order valence-corrected chi connectivity index (χ0v) is 17.6. The summed E-state index contributed by atoms with van der Waals surface area (Å²) in [4.78, 5) is 12.5. The molecule has 0 saturated heterocycles. The van der Waals surface area contributed by atoms with Crippen LogP contribution in [0.2, 0.25) is 5.02 Å². The Labute approximate surface area is 181 Å². The largest absolute Gasteiger partial charge is 0.397 e. The van der Waals surface area contributed by atoms with Gasteiger partial charge in [0.1, 0.15) is 0 Å². The lowest BCUT2D eigenvalue weighted by Crippen LogP contribution is -2.23. The molecule has 0 aliphatic rings. The molecule has 0 heterocycles. The van der Waals surface area contributed by atoms with Gasteiger partial charge in [-0.05, 0) is 66.4 Å².